The molecule has 0 spiro atoms. The Morgan fingerprint density at radius 3 is 2.67 bits per heavy atom. The number of aromatic nitrogens is 2. The summed E-state index contributed by atoms with van der Waals surface area (Å²) in [5.41, 5.74) is 0. The average molecular weight is 189 g/mol. The standard InChI is InChI=1S/C6H5ClN2O3/c7-4-1-8-6(9-2-4)12-3-5(10)11/h1-2H,3H2,(H,10,11). The van der Waals surface area contributed by atoms with E-state index < -0.39 is 12.6 Å². The number of hydrogen-bond donors (Lipinski definition) is 1. The number of nitrogens with zero attached hydrogens (tertiary/aromatic N) is 2. The number of carboxylic acids is 1. The second-order valence-corrected chi connectivity index (χ2v) is 2.30. The smallest absolute Gasteiger partial charge is 0.341 e. The van der Waals surface area contributed by atoms with Crippen molar-refractivity contribution < 1.29 is 14.6 Å². The highest BCUT2D eigenvalue weighted by Gasteiger charge is 2.00. The third-order valence-electron chi connectivity index (χ3n) is 0.921. The maximum absolute atomic E-state index is 10.0. The first-order valence-electron chi connectivity index (χ1n) is 3.00. The molecule has 0 unspecified atom stereocenters. The van der Waals surface area contributed by atoms with Crippen molar-refractivity contribution in [2.75, 3.05) is 6.61 Å². The Morgan fingerprint density at radius 2 is 2.17 bits per heavy atom. The number of aliphatic carboxylic acids is 1. The van der Waals surface area contributed by atoms with Crippen LogP contribution in [0.4, 0.5) is 0 Å². The molecule has 1 aromatic heterocycles. The lowest BCUT2D eigenvalue weighted by molar-refractivity contribution is -0.139. The van der Waals surface area contributed by atoms with E-state index in [4.69, 9.17) is 16.7 Å². The van der Waals surface area contributed by atoms with Gasteiger partial charge in [0.2, 0.25) is 0 Å². The van der Waals surface area contributed by atoms with Crippen LogP contribution < -0.4 is 4.74 Å². The van der Waals surface area contributed by atoms with Crippen LogP contribution in [0.2, 0.25) is 5.02 Å². The van der Waals surface area contributed by atoms with E-state index >= 15 is 0 Å². The highest BCUT2D eigenvalue weighted by atomic mass is 35.5. The number of ether oxygens (including phenoxy) is 1. The second kappa shape index (κ2) is 3.87. The lowest BCUT2D eigenvalue weighted by Crippen LogP contribution is -2.10. The molecule has 0 fully saturated rings. The van der Waals surface area contributed by atoms with Crippen molar-refractivity contribution >= 4 is 17.6 Å². The van der Waals surface area contributed by atoms with Crippen molar-refractivity contribution in [1.29, 1.82) is 0 Å². The summed E-state index contributed by atoms with van der Waals surface area (Å²) in [5, 5.41) is 8.60. The van der Waals surface area contributed by atoms with Gasteiger partial charge in [0.05, 0.1) is 17.4 Å². The van der Waals surface area contributed by atoms with Crippen LogP contribution in [0.5, 0.6) is 6.01 Å². The Hall–Kier alpha value is -1.36. The summed E-state index contributed by atoms with van der Waals surface area (Å²) in [6, 6.07) is 0.00167. The van der Waals surface area contributed by atoms with Crippen LogP contribution in [0, 0.1) is 0 Å². The fourth-order valence-corrected chi connectivity index (χ4v) is 0.599. The quantitative estimate of drug-likeness (QED) is 0.752. The molecule has 6 heteroatoms. The first-order valence-corrected chi connectivity index (χ1v) is 3.38. The van der Waals surface area contributed by atoms with Crippen molar-refractivity contribution in [2.24, 2.45) is 0 Å². The highest BCUT2D eigenvalue weighted by molar-refractivity contribution is 6.30. The fraction of sp³-hybridized carbons (Fsp3) is 0.167. The van der Waals surface area contributed by atoms with Crippen LogP contribution in [0.15, 0.2) is 12.4 Å². The molecule has 0 aliphatic heterocycles. The third kappa shape index (κ3) is 2.71. The van der Waals surface area contributed by atoms with Crippen LogP contribution in [-0.4, -0.2) is 27.7 Å². The fourth-order valence-electron chi connectivity index (χ4n) is 0.501. The maximum atomic E-state index is 10.0. The summed E-state index contributed by atoms with van der Waals surface area (Å²) in [6.45, 7) is -0.457. The van der Waals surface area contributed by atoms with E-state index in [2.05, 4.69) is 14.7 Å². The van der Waals surface area contributed by atoms with Crippen molar-refractivity contribution in [2.45, 2.75) is 0 Å². The Morgan fingerprint density at radius 1 is 1.58 bits per heavy atom. The van der Waals surface area contributed by atoms with Gasteiger partial charge >= 0.3 is 12.0 Å². The van der Waals surface area contributed by atoms with E-state index in [9.17, 15) is 4.79 Å². The van der Waals surface area contributed by atoms with Gasteiger partial charge in [0.15, 0.2) is 6.61 Å². The van der Waals surface area contributed by atoms with Gasteiger partial charge in [-0.2, -0.15) is 0 Å². The van der Waals surface area contributed by atoms with E-state index in [0.717, 1.165) is 0 Å². The predicted molar refractivity (Wildman–Crippen MR) is 40.2 cm³/mol. The van der Waals surface area contributed by atoms with E-state index in [-0.39, 0.29) is 6.01 Å². The van der Waals surface area contributed by atoms with E-state index in [1.54, 1.807) is 0 Å². The average Bonchev–Trinajstić information content (AvgIpc) is 2.03. The second-order valence-electron chi connectivity index (χ2n) is 1.87. The SMILES string of the molecule is O=C(O)COc1ncc(Cl)cn1. The minimum atomic E-state index is -1.08. The lowest BCUT2D eigenvalue weighted by Gasteiger charge is -1.98. The van der Waals surface area contributed by atoms with Gasteiger partial charge in [0.25, 0.3) is 0 Å². The number of hydrogen-bond acceptors (Lipinski definition) is 4. The molecule has 1 aromatic rings. The van der Waals surface area contributed by atoms with E-state index in [1.165, 1.54) is 12.4 Å². The van der Waals surface area contributed by atoms with Crippen molar-refractivity contribution in [3.63, 3.8) is 0 Å². The van der Waals surface area contributed by atoms with Crippen molar-refractivity contribution in [3.8, 4) is 6.01 Å². The van der Waals surface area contributed by atoms with E-state index in [1.807, 2.05) is 0 Å². The van der Waals surface area contributed by atoms with E-state index in [0.29, 0.717) is 5.02 Å². The Bertz CT molecular complexity index is 275. The summed E-state index contributed by atoms with van der Waals surface area (Å²) in [7, 11) is 0. The molecule has 0 aliphatic rings. The van der Waals surface area contributed by atoms with Gasteiger partial charge in [-0.25, -0.2) is 14.8 Å². The van der Waals surface area contributed by atoms with Gasteiger partial charge in [-0.15, -0.1) is 0 Å². The number of carbonyl (C=O) groups is 1. The van der Waals surface area contributed by atoms with Crippen LogP contribution >= 0.6 is 11.6 Å². The third-order valence-corrected chi connectivity index (χ3v) is 1.12. The normalized spacial score (nSPS) is 9.42. The molecule has 64 valence electrons. The van der Waals surface area contributed by atoms with Gasteiger partial charge < -0.3 is 9.84 Å². The minimum Gasteiger partial charge on any atom is -0.479 e. The topological polar surface area (TPSA) is 72.3 Å². The van der Waals surface area contributed by atoms with Crippen LogP contribution in [0.3, 0.4) is 0 Å². The Balaban J connectivity index is 2.53. The molecule has 1 N–H and O–H groups in total. The first kappa shape index (κ1) is 8.73. The summed E-state index contributed by atoms with van der Waals surface area (Å²) >= 11 is 5.48. The summed E-state index contributed by atoms with van der Waals surface area (Å²) in [4.78, 5) is 17.3. The molecule has 0 radical (unpaired) electrons. The first-order chi connectivity index (χ1) is 5.68. The minimum absolute atomic E-state index is 0.00167. The largest absolute Gasteiger partial charge is 0.479 e. The molecule has 1 rings (SSSR count). The Kier molecular flexibility index (Phi) is 2.82. The molecule has 0 saturated heterocycles. The van der Waals surface area contributed by atoms with Gasteiger partial charge in [-0.05, 0) is 0 Å². The van der Waals surface area contributed by atoms with Gasteiger partial charge in [-0.1, -0.05) is 11.6 Å². The molecule has 0 atom stereocenters. The molecule has 0 aromatic carbocycles. The summed E-state index contributed by atoms with van der Waals surface area (Å²) < 4.78 is 4.64. The monoisotopic (exact) mass is 188 g/mol. The Labute approximate surface area is 73.0 Å². The molecule has 0 amide bonds. The zero-order valence-corrected chi connectivity index (χ0v) is 6.65. The molecule has 5 nitrogen and oxygen atoms in total. The number of halogens is 1. The highest BCUT2D eigenvalue weighted by Crippen LogP contribution is 2.06. The summed E-state index contributed by atoms with van der Waals surface area (Å²) in [6.07, 6.45) is 2.65. The van der Waals surface area contributed by atoms with Gasteiger partial charge in [0.1, 0.15) is 0 Å². The number of carboxylic acid groups (broad SMARTS) is 1. The zero-order chi connectivity index (χ0) is 8.97. The zero-order valence-electron chi connectivity index (χ0n) is 5.90. The molecule has 0 aliphatic carbocycles. The molecular weight excluding hydrogens is 184 g/mol. The molecule has 0 saturated carbocycles. The maximum Gasteiger partial charge on any atom is 0.341 e. The van der Waals surface area contributed by atoms with Crippen LogP contribution in [0.25, 0.3) is 0 Å². The molecular formula is C6H5ClN2O3. The van der Waals surface area contributed by atoms with Crippen molar-refractivity contribution in [3.05, 3.63) is 17.4 Å². The molecule has 0 bridgehead atoms. The summed E-state index contributed by atoms with van der Waals surface area (Å²) in [5.74, 6) is -1.08. The lowest BCUT2D eigenvalue weighted by atomic mass is 10.7. The van der Waals surface area contributed by atoms with Crippen LogP contribution in [-0.2, 0) is 4.79 Å². The van der Waals surface area contributed by atoms with Gasteiger partial charge in [0, 0.05) is 0 Å². The van der Waals surface area contributed by atoms with Crippen LogP contribution in [0.1, 0.15) is 0 Å². The van der Waals surface area contributed by atoms with Crippen molar-refractivity contribution in [1.82, 2.24) is 9.97 Å². The predicted octanol–water partition coefficient (Wildman–Crippen LogP) is 0.593. The molecule has 12 heavy (non-hydrogen) atoms. The molecule has 1 heterocycles. The number of rotatable bonds is 3. The van der Waals surface area contributed by atoms with Gasteiger partial charge in [-0.3, -0.25) is 0 Å².